The molecule has 1 N–H and O–H groups in total. The molecule has 2 aromatic carbocycles. The maximum atomic E-state index is 12.6. The van der Waals surface area contributed by atoms with Crippen molar-refractivity contribution < 1.29 is 9.53 Å². The number of ether oxygens (including phenoxy) is 1. The number of urea groups is 1. The number of fused-ring (bicyclic) bond motifs is 2. The first kappa shape index (κ1) is 22.3. The second-order valence-electron chi connectivity index (χ2n) is 7.88. The molecular weight excluding hydrogens is 420 g/mol. The van der Waals surface area contributed by atoms with E-state index in [1.54, 1.807) is 18.4 Å². The quantitative estimate of drug-likeness (QED) is 0.337. The number of methoxy groups -OCH3 is 1. The molecule has 0 spiro atoms. The van der Waals surface area contributed by atoms with Gasteiger partial charge in [0.1, 0.15) is 0 Å². The summed E-state index contributed by atoms with van der Waals surface area (Å²) in [4.78, 5) is 20.2. The fraction of sp³-hybridized carbons (Fsp3) is 0.360. The zero-order valence-corrected chi connectivity index (χ0v) is 19.5. The lowest BCUT2D eigenvalue weighted by Gasteiger charge is -2.22. The molecule has 0 atom stereocenters. The molecule has 0 aliphatic heterocycles. The molecule has 0 bridgehead atoms. The second kappa shape index (κ2) is 10.6. The Morgan fingerprint density at radius 1 is 1.19 bits per heavy atom. The topological polar surface area (TPSA) is 58.9 Å². The first-order valence-electron chi connectivity index (χ1n) is 11.2. The molecule has 4 rings (SSSR count). The minimum atomic E-state index is -0.0237. The lowest BCUT2D eigenvalue weighted by Crippen LogP contribution is -2.43. The first-order valence-corrected chi connectivity index (χ1v) is 12.0. The number of nitrogens with one attached hydrogen (secondary N) is 1. The Balaban J connectivity index is 1.49. The summed E-state index contributed by atoms with van der Waals surface area (Å²) in [6, 6.07) is 14.8. The van der Waals surface area contributed by atoms with Gasteiger partial charge >= 0.3 is 6.03 Å². The van der Waals surface area contributed by atoms with Crippen LogP contribution in [0.25, 0.3) is 27.0 Å². The molecule has 0 saturated carbocycles. The molecule has 4 aromatic rings. The van der Waals surface area contributed by atoms with E-state index in [0.29, 0.717) is 26.2 Å². The summed E-state index contributed by atoms with van der Waals surface area (Å²) in [6.45, 7) is 4.56. The van der Waals surface area contributed by atoms with E-state index in [1.807, 2.05) is 4.90 Å². The number of hydrogen-bond donors (Lipinski definition) is 1. The van der Waals surface area contributed by atoms with Crippen LogP contribution in [0.1, 0.15) is 25.5 Å². The number of nitrogens with zero attached hydrogens (tertiary/aromatic N) is 3. The SMILES string of the molecule is CCCCNC(=O)N(CCOC)CCc1csc2nc(-c3ccc4ccccc4c3)cn12. The Morgan fingerprint density at radius 3 is 2.84 bits per heavy atom. The van der Waals surface area contributed by atoms with E-state index in [9.17, 15) is 4.79 Å². The van der Waals surface area contributed by atoms with Gasteiger partial charge in [0.25, 0.3) is 0 Å². The van der Waals surface area contributed by atoms with E-state index in [1.165, 1.54) is 10.8 Å². The predicted molar refractivity (Wildman–Crippen MR) is 131 cm³/mol. The van der Waals surface area contributed by atoms with Crippen molar-refractivity contribution >= 4 is 33.1 Å². The normalized spacial score (nSPS) is 11.3. The van der Waals surface area contributed by atoms with E-state index in [-0.39, 0.29) is 6.03 Å². The molecule has 32 heavy (non-hydrogen) atoms. The van der Waals surface area contributed by atoms with E-state index in [2.05, 4.69) is 70.7 Å². The van der Waals surface area contributed by atoms with Gasteiger partial charge in [-0.05, 0) is 23.3 Å². The highest BCUT2D eigenvalue weighted by Crippen LogP contribution is 2.27. The molecule has 168 valence electrons. The first-order chi connectivity index (χ1) is 15.7. The van der Waals surface area contributed by atoms with Crippen molar-refractivity contribution in [3.8, 4) is 11.3 Å². The van der Waals surface area contributed by atoms with Gasteiger partial charge in [0, 0.05) is 56.0 Å². The number of amides is 2. The van der Waals surface area contributed by atoms with E-state index in [4.69, 9.17) is 9.72 Å². The van der Waals surface area contributed by atoms with Gasteiger partial charge in [-0.25, -0.2) is 9.78 Å². The number of imidazole rings is 1. The summed E-state index contributed by atoms with van der Waals surface area (Å²) in [5.74, 6) is 0. The smallest absolute Gasteiger partial charge is 0.317 e. The molecule has 2 heterocycles. The number of carbonyl (C=O) groups is 1. The van der Waals surface area contributed by atoms with Crippen LogP contribution in [-0.4, -0.2) is 53.7 Å². The van der Waals surface area contributed by atoms with Gasteiger partial charge in [0.2, 0.25) is 0 Å². The van der Waals surface area contributed by atoms with Gasteiger partial charge in [-0.3, -0.25) is 4.40 Å². The zero-order valence-electron chi connectivity index (χ0n) is 18.7. The van der Waals surface area contributed by atoms with Crippen molar-refractivity contribution in [1.82, 2.24) is 19.6 Å². The highest BCUT2D eigenvalue weighted by molar-refractivity contribution is 7.15. The van der Waals surface area contributed by atoms with Crippen LogP contribution in [0.15, 0.2) is 54.0 Å². The van der Waals surface area contributed by atoms with Crippen LogP contribution >= 0.6 is 11.3 Å². The third kappa shape index (κ3) is 5.11. The minimum absolute atomic E-state index is 0.0237. The van der Waals surface area contributed by atoms with Crippen LogP contribution in [-0.2, 0) is 11.2 Å². The molecule has 0 unspecified atom stereocenters. The molecule has 6 nitrogen and oxygen atoms in total. The highest BCUT2D eigenvalue weighted by atomic mass is 32.1. The lowest BCUT2D eigenvalue weighted by molar-refractivity contribution is 0.149. The number of rotatable bonds is 10. The van der Waals surface area contributed by atoms with Crippen molar-refractivity contribution in [2.75, 3.05) is 33.4 Å². The third-order valence-electron chi connectivity index (χ3n) is 5.63. The van der Waals surface area contributed by atoms with Crippen molar-refractivity contribution in [2.45, 2.75) is 26.2 Å². The van der Waals surface area contributed by atoms with E-state index < -0.39 is 0 Å². The number of unbranched alkanes of at least 4 members (excludes halogenated alkanes) is 1. The standard InChI is InChI=1S/C25H30N4O2S/c1-3-4-12-26-24(30)28(14-15-31-2)13-11-22-18-32-25-27-23(17-29(22)25)21-10-9-19-7-5-6-8-20(19)16-21/h5-10,16-18H,3-4,11-15H2,1-2H3,(H,26,30). The van der Waals surface area contributed by atoms with Crippen LogP contribution in [0.3, 0.4) is 0 Å². The maximum Gasteiger partial charge on any atom is 0.317 e. The summed E-state index contributed by atoms with van der Waals surface area (Å²) in [5.41, 5.74) is 3.24. The average molecular weight is 451 g/mol. The average Bonchev–Trinajstić information content (AvgIpc) is 3.40. The van der Waals surface area contributed by atoms with Gasteiger partial charge in [-0.15, -0.1) is 11.3 Å². The van der Waals surface area contributed by atoms with Crippen LogP contribution in [0.5, 0.6) is 0 Å². The van der Waals surface area contributed by atoms with Crippen LogP contribution < -0.4 is 5.32 Å². The molecule has 0 radical (unpaired) electrons. The van der Waals surface area contributed by atoms with Crippen LogP contribution in [0.2, 0.25) is 0 Å². The van der Waals surface area contributed by atoms with Gasteiger partial charge in [-0.1, -0.05) is 49.7 Å². The van der Waals surface area contributed by atoms with Crippen LogP contribution in [0.4, 0.5) is 4.79 Å². The fourth-order valence-corrected chi connectivity index (χ4v) is 4.65. The van der Waals surface area contributed by atoms with Crippen molar-refractivity contribution in [3.63, 3.8) is 0 Å². The van der Waals surface area contributed by atoms with Gasteiger partial charge < -0.3 is 15.0 Å². The molecular formula is C25H30N4O2S. The summed E-state index contributed by atoms with van der Waals surface area (Å²) >= 11 is 1.64. The monoisotopic (exact) mass is 450 g/mol. The number of benzene rings is 2. The number of hydrogen-bond acceptors (Lipinski definition) is 4. The zero-order chi connectivity index (χ0) is 22.3. The minimum Gasteiger partial charge on any atom is -0.383 e. The summed E-state index contributed by atoms with van der Waals surface area (Å²) in [6.07, 6.45) is 4.91. The van der Waals surface area contributed by atoms with Crippen molar-refractivity contribution in [1.29, 1.82) is 0 Å². The van der Waals surface area contributed by atoms with Gasteiger partial charge in [0.05, 0.1) is 12.3 Å². The molecule has 0 fully saturated rings. The summed E-state index contributed by atoms with van der Waals surface area (Å²) in [5, 5.41) is 7.59. The highest BCUT2D eigenvalue weighted by Gasteiger charge is 2.15. The number of carbonyl (C=O) groups excluding carboxylic acids is 1. The summed E-state index contributed by atoms with van der Waals surface area (Å²) < 4.78 is 7.35. The largest absolute Gasteiger partial charge is 0.383 e. The number of aromatic nitrogens is 2. The van der Waals surface area contributed by atoms with Crippen molar-refractivity contribution in [2.24, 2.45) is 0 Å². The van der Waals surface area contributed by atoms with E-state index >= 15 is 0 Å². The third-order valence-corrected chi connectivity index (χ3v) is 6.51. The maximum absolute atomic E-state index is 12.6. The Kier molecular flexibility index (Phi) is 7.39. The number of thiazole rings is 1. The van der Waals surface area contributed by atoms with Gasteiger partial charge in [0.15, 0.2) is 4.96 Å². The van der Waals surface area contributed by atoms with Crippen LogP contribution in [0, 0.1) is 0 Å². The van der Waals surface area contributed by atoms with Gasteiger partial charge in [-0.2, -0.15) is 0 Å². The Bertz CT molecular complexity index is 1180. The molecule has 7 heteroatoms. The fourth-order valence-electron chi connectivity index (χ4n) is 3.75. The Morgan fingerprint density at radius 2 is 2.03 bits per heavy atom. The molecule has 2 amide bonds. The second-order valence-corrected chi connectivity index (χ2v) is 8.72. The molecule has 2 aromatic heterocycles. The Hall–Kier alpha value is -2.90. The van der Waals surface area contributed by atoms with Crippen molar-refractivity contribution in [3.05, 3.63) is 59.7 Å². The lowest BCUT2D eigenvalue weighted by atomic mass is 10.1. The summed E-state index contributed by atoms with van der Waals surface area (Å²) in [7, 11) is 1.66. The molecule has 0 saturated heterocycles. The molecule has 0 aliphatic carbocycles. The predicted octanol–water partition coefficient (Wildman–Crippen LogP) is 5.22. The van der Waals surface area contributed by atoms with E-state index in [0.717, 1.165) is 41.2 Å². The Labute approximate surface area is 192 Å². The molecule has 0 aliphatic rings.